The fourth-order valence-electron chi connectivity index (χ4n) is 4.55. The Bertz CT molecular complexity index is 1780. The first-order valence-corrected chi connectivity index (χ1v) is 13.0. The quantitative estimate of drug-likeness (QED) is 0.0840. The van der Waals surface area contributed by atoms with E-state index in [4.69, 9.17) is 18.6 Å². The summed E-state index contributed by atoms with van der Waals surface area (Å²) in [5.41, 5.74) is -0.834. The molecule has 0 unspecified atom stereocenters. The molecule has 3 aromatic carbocycles. The smallest absolute Gasteiger partial charge is 0.331 e. The van der Waals surface area contributed by atoms with E-state index in [1.54, 1.807) is 0 Å². The molecule has 0 amide bonds. The highest BCUT2D eigenvalue weighted by molar-refractivity contribution is 5.89. The van der Waals surface area contributed by atoms with Crippen molar-refractivity contribution < 1.29 is 64.3 Å². The Morgan fingerprint density at radius 3 is 2.27 bits per heavy atom. The molecule has 2 heterocycles. The van der Waals surface area contributed by atoms with E-state index in [1.165, 1.54) is 36.4 Å². The number of fused-ring (bicyclic) bond motifs is 1. The van der Waals surface area contributed by atoms with Crippen LogP contribution in [0.25, 0.3) is 28.4 Å². The van der Waals surface area contributed by atoms with Gasteiger partial charge in [0.2, 0.25) is 17.5 Å². The van der Waals surface area contributed by atoms with Crippen molar-refractivity contribution >= 4 is 23.0 Å². The van der Waals surface area contributed by atoms with E-state index in [9.17, 15) is 50.4 Å². The molecule has 8 N–H and O–H groups in total. The molecule has 0 spiro atoms. The highest BCUT2D eigenvalue weighted by atomic mass is 16.7. The third kappa shape index (κ3) is 5.95. The molecule has 44 heavy (non-hydrogen) atoms. The van der Waals surface area contributed by atoms with Crippen LogP contribution in [0.1, 0.15) is 5.56 Å². The molecular formula is C30H26O14. The zero-order valence-corrected chi connectivity index (χ0v) is 22.5. The lowest BCUT2D eigenvalue weighted by Gasteiger charge is -2.41. The summed E-state index contributed by atoms with van der Waals surface area (Å²) in [6.07, 6.45) is -6.44. The molecule has 1 saturated heterocycles. The Hall–Kier alpha value is -5.28. The van der Waals surface area contributed by atoms with Crippen LogP contribution in [-0.4, -0.2) is 84.1 Å². The lowest BCUT2D eigenvalue weighted by molar-refractivity contribution is -0.281. The fraction of sp³-hybridized carbons (Fsp3) is 0.200. The Morgan fingerprint density at radius 1 is 0.864 bits per heavy atom. The van der Waals surface area contributed by atoms with Crippen LogP contribution in [0.2, 0.25) is 0 Å². The molecule has 5 atom stereocenters. The SMILES string of the molecule is O=C(C=Cc1ccc(O)cc1)O[C@H]1[C@H](Oc2c(-c3ccc(O)c(O)c3)oc3cc(O)cc(O)c3c2=O)O[C@H](CO)[C@@H](O)[C@@H]1O. The largest absolute Gasteiger partial charge is 0.508 e. The molecule has 0 saturated carbocycles. The highest BCUT2D eigenvalue weighted by Gasteiger charge is 2.48. The van der Waals surface area contributed by atoms with Crippen LogP contribution in [0.15, 0.2) is 69.9 Å². The molecule has 5 rings (SSSR count). The van der Waals surface area contributed by atoms with Gasteiger partial charge in [-0.3, -0.25) is 4.79 Å². The van der Waals surface area contributed by atoms with Crippen molar-refractivity contribution in [2.45, 2.75) is 30.7 Å². The molecule has 1 fully saturated rings. The highest BCUT2D eigenvalue weighted by Crippen LogP contribution is 2.39. The van der Waals surface area contributed by atoms with Crippen LogP contribution in [0.5, 0.6) is 34.5 Å². The number of hydrogen-bond donors (Lipinski definition) is 8. The van der Waals surface area contributed by atoms with Crippen molar-refractivity contribution in [3.8, 4) is 45.8 Å². The van der Waals surface area contributed by atoms with Crippen molar-refractivity contribution in [3.63, 3.8) is 0 Å². The maximum absolute atomic E-state index is 13.7. The summed E-state index contributed by atoms with van der Waals surface area (Å²) >= 11 is 0. The van der Waals surface area contributed by atoms with E-state index >= 15 is 0 Å². The van der Waals surface area contributed by atoms with Crippen LogP contribution in [0.4, 0.5) is 0 Å². The van der Waals surface area contributed by atoms with Gasteiger partial charge in [0.05, 0.1) is 6.61 Å². The second kappa shape index (κ2) is 12.1. The molecule has 1 aromatic heterocycles. The number of aromatic hydroxyl groups is 5. The van der Waals surface area contributed by atoms with Gasteiger partial charge in [-0.05, 0) is 42.0 Å². The number of ether oxygens (including phenoxy) is 3. The molecule has 0 bridgehead atoms. The summed E-state index contributed by atoms with van der Waals surface area (Å²) in [7, 11) is 0. The first kappa shape index (κ1) is 30.2. The number of aliphatic hydroxyl groups is 3. The van der Waals surface area contributed by atoms with Crippen molar-refractivity contribution in [1.82, 2.24) is 0 Å². The van der Waals surface area contributed by atoms with Crippen LogP contribution in [0.3, 0.4) is 0 Å². The third-order valence-electron chi connectivity index (χ3n) is 6.77. The van der Waals surface area contributed by atoms with E-state index in [0.717, 1.165) is 30.3 Å². The van der Waals surface area contributed by atoms with Crippen LogP contribution in [0, 0.1) is 0 Å². The summed E-state index contributed by atoms with van der Waals surface area (Å²) in [6.45, 7) is -0.815. The van der Waals surface area contributed by atoms with E-state index < -0.39 is 88.6 Å². The molecule has 14 nitrogen and oxygen atoms in total. The number of aliphatic hydroxyl groups excluding tert-OH is 3. The standard InChI is InChI=1S/C30H26O14/c31-12-21-24(38)26(40)29(43-22(37)8-3-13-1-5-15(32)6-2-13)30(42-21)44-28-25(39)23-19(36)10-16(33)11-20(23)41-27(28)14-4-7-17(34)18(35)9-14/h1-11,21,24,26,29-36,38,40H,12H2/t21-,24-,26+,29-,30+/m1/s1. The van der Waals surface area contributed by atoms with Gasteiger partial charge < -0.3 is 59.5 Å². The Labute approximate surface area is 247 Å². The lowest BCUT2D eigenvalue weighted by atomic mass is 9.99. The molecule has 1 aliphatic heterocycles. The van der Waals surface area contributed by atoms with Gasteiger partial charge in [-0.2, -0.15) is 0 Å². The first-order valence-electron chi connectivity index (χ1n) is 13.0. The van der Waals surface area contributed by atoms with Crippen LogP contribution in [-0.2, 0) is 14.3 Å². The maximum Gasteiger partial charge on any atom is 0.331 e. The number of phenolic OH excluding ortho intramolecular Hbond substituents is 5. The van der Waals surface area contributed by atoms with E-state index in [1.807, 2.05) is 0 Å². The van der Waals surface area contributed by atoms with E-state index in [2.05, 4.69) is 0 Å². The Kier molecular flexibility index (Phi) is 8.33. The van der Waals surface area contributed by atoms with E-state index in [0.29, 0.717) is 5.56 Å². The van der Waals surface area contributed by atoms with Gasteiger partial charge in [-0.25, -0.2) is 4.79 Å². The van der Waals surface area contributed by atoms with Gasteiger partial charge in [0.1, 0.15) is 46.5 Å². The first-order chi connectivity index (χ1) is 21.0. The summed E-state index contributed by atoms with van der Waals surface area (Å²) in [5, 5.41) is 80.3. The molecule has 1 aliphatic rings. The van der Waals surface area contributed by atoms with Gasteiger partial charge >= 0.3 is 5.97 Å². The number of rotatable bonds is 7. The number of esters is 1. The topological polar surface area (TPSA) is 237 Å². The second-order valence-corrected chi connectivity index (χ2v) is 9.78. The fourth-order valence-corrected chi connectivity index (χ4v) is 4.55. The lowest BCUT2D eigenvalue weighted by Crippen LogP contribution is -2.61. The maximum atomic E-state index is 13.7. The van der Waals surface area contributed by atoms with Crippen LogP contribution >= 0.6 is 0 Å². The summed E-state index contributed by atoms with van der Waals surface area (Å²) in [6, 6.07) is 11.1. The van der Waals surface area contributed by atoms with Crippen molar-refractivity contribution in [1.29, 1.82) is 0 Å². The van der Waals surface area contributed by atoms with Crippen LogP contribution < -0.4 is 10.2 Å². The molecule has 4 aromatic rings. The average Bonchev–Trinajstić information content (AvgIpc) is 2.98. The van der Waals surface area contributed by atoms with Gasteiger partial charge in [0.25, 0.3) is 0 Å². The number of phenols is 5. The third-order valence-corrected chi connectivity index (χ3v) is 6.77. The molecule has 230 valence electrons. The predicted octanol–water partition coefficient (Wildman–Crippen LogP) is 1.43. The van der Waals surface area contributed by atoms with E-state index in [-0.39, 0.29) is 16.9 Å². The second-order valence-electron chi connectivity index (χ2n) is 9.78. The molecular weight excluding hydrogens is 584 g/mol. The average molecular weight is 611 g/mol. The minimum Gasteiger partial charge on any atom is -0.508 e. The number of hydrogen-bond acceptors (Lipinski definition) is 14. The monoisotopic (exact) mass is 610 g/mol. The molecule has 0 aliphatic carbocycles. The van der Waals surface area contributed by atoms with Gasteiger partial charge in [-0.15, -0.1) is 0 Å². The zero-order valence-electron chi connectivity index (χ0n) is 22.5. The van der Waals surface area contributed by atoms with Gasteiger partial charge in [0.15, 0.2) is 23.4 Å². The summed E-state index contributed by atoms with van der Waals surface area (Å²) in [4.78, 5) is 26.4. The summed E-state index contributed by atoms with van der Waals surface area (Å²) in [5.74, 6) is -4.34. The number of carbonyl (C=O) groups is 1. The molecule has 0 radical (unpaired) electrons. The normalized spacial score (nSPS) is 21.8. The predicted molar refractivity (Wildman–Crippen MR) is 150 cm³/mol. The van der Waals surface area contributed by atoms with Crippen molar-refractivity contribution in [2.75, 3.05) is 6.61 Å². The zero-order chi connectivity index (χ0) is 31.7. The Balaban J connectivity index is 1.57. The van der Waals surface area contributed by atoms with Crippen molar-refractivity contribution in [3.05, 3.63) is 76.5 Å². The number of carbonyl (C=O) groups excluding carboxylic acids is 1. The summed E-state index contributed by atoms with van der Waals surface area (Å²) < 4.78 is 22.5. The Morgan fingerprint density at radius 2 is 1.59 bits per heavy atom. The van der Waals surface area contributed by atoms with Gasteiger partial charge in [-0.1, -0.05) is 12.1 Å². The number of benzene rings is 3. The van der Waals surface area contributed by atoms with Crippen molar-refractivity contribution in [2.24, 2.45) is 0 Å². The van der Waals surface area contributed by atoms with Gasteiger partial charge in [0, 0.05) is 23.8 Å². The molecule has 14 heteroatoms. The minimum absolute atomic E-state index is 0.00444. The minimum atomic E-state index is -1.89.